The monoisotopic (exact) mass is 348 g/mol. The molecule has 0 saturated heterocycles. The fourth-order valence-corrected chi connectivity index (χ4v) is 2.48. The molecule has 3 nitrogen and oxygen atoms in total. The molecule has 2 rings (SSSR count). The van der Waals surface area contributed by atoms with Gasteiger partial charge in [-0.05, 0) is 62.7 Å². The standard InChI is InChI=1S/C17H21BrN2O/c1-11(16(21)20-17(2,3)4)19-15-8-6-12-9-14(18)7-5-13(12)10-15/h5-11,19H,1-4H3,(H,20,21). The third kappa shape index (κ3) is 4.46. The summed E-state index contributed by atoms with van der Waals surface area (Å²) >= 11 is 3.47. The summed E-state index contributed by atoms with van der Waals surface area (Å²) in [4.78, 5) is 12.1. The Labute approximate surface area is 134 Å². The van der Waals surface area contributed by atoms with Gasteiger partial charge in [-0.1, -0.05) is 28.1 Å². The number of nitrogens with one attached hydrogen (secondary N) is 2. The van der Waals surface area contributed by atoms with Crippen LogP contribution in [0.15, 0.2) is 40.9 Å². The van der Waals surface area contributed by atoms with E-state index in [1.165, 1.54) is 5.39 Å². The van der Waals surface area contributed by atoms with Crippen LogP contribution in [0.25, 0.3) is 10.8 Å². The Kier molecular flexibility index (Phi) is 4.57. The molecule has 0 bridgehead atoms. The van der Waals surface area contributed by atoms with Crippen LogP contribution in [-0.2, 0) is 4.79 Å². The summed E-state index contributed by atoms with van der Waals surface area (Å²) in [6.45, 7) is 7.80. The molecule has 0 aliphatic heterocycles. The van der Waals surface area contributed by atoms with E-state index in [0.717, 1.165) is 15.5 Å². The molecule has 0 heterocycles. The number of hydrogen-bond acceptors (Lipinski definition) is 2. The number of carbonyl (C=O) groups is 1. The first-order chi connectivity index (χ1) is 9.74. The lowest BCUT2D eigenvalue weighted by atomic mass is 10.1. The van der Waals surface area contributed by atoms with E-state index in [-0.39, 0.29) is 17.5 Å². The van der Waals surface area contributed by atoms with Gasteiger partial charge in [-0.3, -0.25) is 4.79 Å². The number of carbonyl (C=O) groups excluding carboxylic acids is 1. The summed E-state index contributed by atoms with van der Waals surface area (Å²) < 4.78 is 1.06. The highest BCUT2D eigenvalue weighted by atomic mass is 79.9. The lowest BCUT2D eigenvalue weighted by Crippen LogP contribution is -2.47. The number of rotatable bonds is 3. The molecule has 4 heteroatoms. The largest absolute Gasteiger partial charge is 0.374 e. The fraction of sp³-hybridized carbons (Fsp3) is 0.353. The smallest absolute Gasteiger partial charge is 0.242 e. The van der Waals surface area contributed by atoms with Crippen LogP contribution < -0.4 is 10.6 Å². The topological polar surface area (TPSA) is 41.1 Å². The third-order valence-electron chi connectivity index (χ3n) is 3.08. The summed E-state index contributed by atoms with van der Waals surface area (Å²) in [5, 5.41) is 8.54. The SMILES string of the molecule is CC(Nc1ccc2cc(Br)ccc2c1)C(=O)NC(C)(C)C. The first-order valence-corrected chi connectivity index (χ1v) is 7.82. The van der Waals surface area contributed by atoms with Crippen molar-refractivity contribution in [1.82, 2.24) is 5.32 Å². The van der Waals surface area contributed by atoms with E-state index in [1.807, 2.05) is 39.8 Å². The second kappa shape index (κ2) is 6.06. The minimum Gasteiger partial charge on any atom is -0.374 e. The van der Waals surface area contributed by atoms with E-state index in [4.69, 9.17) is 0 Å². The van der Waals surface area contributed by atoms with Crippen molar-refractivity contribution in [2.45, 2.75) is 39.3 Å². The maximum absolute atomic E-state index is 12.1. The molecule has 2 N–H and O–H groups in total. The average molecular weight is 349 g/mol. The Bertz CT molecular complexity index is 661. The Morgan fingerprint density at radius 2 is 1.71 bits per heavy atom. The van der Waals surface area contributed by atoms with E-state index in [0.29, 0.717) is 0 Å². The summed E-state index contributed by atoms with van der Waals surface area (Å²) in [7, 11) is 0. The molecule has 0 saturated carbocycles. The molecule has 112 valence electrons. The Morgan fingerprint density at radius 1 is 1.10 bits per heavy atom. The van der Waals surface area contributed by atoms with Crippen molar-refractivity contribution in [2.24, 2.45) is 0 Å². The van der Waals surface area contributed by atoms with Gasteiger partial charge in [0.25, 0.3) is 0 Å². The van der Waals surface area contributed by atoms with Crippen LogP contribution in [0.4, 0.5) is 5.69 Å². The summed E-state index contributed by atoms with van der Waals surface area (Å²) in [6.07, 6.45) is 0. The predicted molar refractivity (Wildman–Crippen MR) is 92.6 cm³/mol. The molecule has 0 spiro atoms. The van der Waals surface area contributed by atoms with Crippen LogP contribution in [0.5, 0.6) is 0 Å². The van der Waals surface area contributed by atoms with Crippen molar-refractivity contribution >= 4 is 38.3 Å². The van der Waals surface area contributed by atoms with E-state index in [9.17, 15) is 4.79 Å². The molecular weight excluding hydrogens is 328 g/mol. The predicted octanol–water partition coefficient (Wildman–Crippen LogP) is 4.32. The highest BCUT2D eigenvalue weighted by molar-refractivity contribution is 9.10. The van der Waals surface area contributed by atoms with Crippen LogP contribution in [0, 0.1) is 0 Å². The van der Waals surface area contributed by atoms with Gasteiger partial charge >= 0.3 is 0 Å². The zero-order valence-corrected chi connectivity index (χ0v) is 14.4. The van der Waals surface area contributed by atoms with Crippen molar-refractivity contribution in [2.75, 3.05) is 5.32 Å². The van der Waals surface area contributed by atoms with Crippen LogP contribution in [0.3, 0.4) is 0 Å². The molecule has 1 unspecified atom stereocenters. The van der Waals surface area contributed by atoms with Gasteiger partial charge in [0.05, 0.1) is 0 Å². The van der Waals surface area contributed by atoms with Crippen molar-refractivity contribution in [3.8, 4) is 0 Å². The molecule has 1 amide bonds. The zero-order valence-electron chi connectivity index (χ0n) is 12.8. The van der Waals surface area contributed by atoms with E-state index < -0.39 is 0 Å². The van der Waals surface area contributed by atoms with E-state index in [1.54, 1.807) is 0 Å². The highest BCUT2D eigenvalue weighted by Crippen LogP contribution is 2.23. The van der Waals surface area contributed by atoms with Crippen molar-refractivity contribution in [1.29, 1.82) is 0 Å². The lowest BCUT2D eigenvalue weighted by Gasteiger charge is -2.24. The minimum atomic E-state index is -0.280. The van der Waals surface area contributed by atoms with Crippen LogP contribution in [0.1, 0.15) is 27.7 Å². The van der Waals surface area contributed by atoms with Gasteiger partial charge in [-0.25, -0.2) is 0 Å². The summed E-state index contributed by atoms with van der Waals surface area (Å²) in [5.41, 5.74) is 0.726. The summed E-state index contributed by atoms with van der Waals surface area (Å²) in [6, 6.07) is 12.0. The maximum Gasteiger partial charge on any atom is 0.242 e. The third-order valence-corrected chi connectivity index (χ3v) is 3.57. The highest BCUT2D eigenvalue weighted by Gasteiger charge is 2.18. The second-order valence-electron chi connectivity index (χ2n) is 6.31. The number of amides is 1. The van der Waals surface area contributed by atoms with Gasteiger partial charge in [-0.2, -0.15) is 0 Å². The van der Waals surface area contributed by atoms with Crippen molar-refractivity contribution in [3.05, 3.63) is 40.9 Å². The van der Waals surface area contributed by atoms with Crippen molar-refractivity contribution in [3.63, 3.8) is 0 Å². The maximum atomic E-state index is 12.1. The molecule has 0 fully saturated rings. The molecule has 2 aromatic carbocycles. The van der Waals surface area contributed by atoms with Crippen LogP contribution in [0.2, 0.25) is 0 Å². The fourth-order valence-electron chi connectivity index (χ4n) is 2.10. The average Bonchev–Trinajstić information content (AvgIpc) is 2.37. The molecule has 0 aromatic heterocycles. The zero-order chi connectivity index (χ0) is 15.6. The Morgan fingerprint density at radius 3 is 2.38 bits per heavy atom. The molecule has 2 aromatic rings. The van der Waals surface area contributed by atoms with Gasteiger partial charge in [-0.15, -0.1) is 0 Å². The number of hydrogen-bond donors (Lipinski definition) is 2. The second-order valence-corrected chi connectivity index (χ2v) is 7.23. The van der Waals surface area contributed by atoms with Gasteiger partial charge in [0.15, 0.2) is 0 Å². The molecule has 0 aliphatic rings. The molecule has 1 atom stereocenters. The first kappa shape index (κ1) is 15.8. The number of fused-ring (bicyclic) bond motifs is 1. The molecular formula is C17H21BrN2O. The number of anilines is 1. The normalized spacial score (nSPS) is 13.0. The van der Waals surface area contributed by atoms with E-state index in [2.05, 4.69) is 50.8 Å². The summed E-state index contributed by atoms with van der Waals surface area (Å²) in [5.74, 6) is -0.00148. The van der Waals surface area contributed by atoms with Gasteiger partial charge < -0.3 is 10.6 Å². The Balaban J connectivity index is 2.12. The number of halogens is 1. The lowest BCUT2D eigenvalue weighted by molar-refractivity contribution is -0.122. The van der Waals surface area contributed by atoms with Crippen molar-refractivity contribution < 1.29 is 4.79 Å². The quantitative estimate of drug-likeness (QED) is 0.867. The van der Waals surface area contributed by atoms with Gasteiger partial charge in [0.2, 0.25) is 5.91 Å². The molecule has 21 heavy (non-hydrogen) atoms. The van der Waals surface area contributed by atoms with Gasteiger partial charge in [0.1, 0.15) is 6.04 Å². The first-order valence-electron chi connectivity index (χ1n) is 7.02. The molecule has 0 radical (unpaired) electrons. The van der Waals surface area contributed by atoms with Gasteiger partial charge in [0, 0.05) is 15.7 Å². The molecule has 0 aliphatic carbocycles. The Hall–Kier alpha value is -1.55. The van der Waals surface area contributed by atoms with Crippen LogP contribution >= 0.6 is 15.9 Å². The minimum absolute atomic E-state index is 0.00148. The van der Waals surface area contributed by atoms with E-state index >= 15 is 0 Å². The number of benzene rings is 2. The van der Waals surface area contributed by atoms with Crippen LogP contribution in [-0.4, -0.2) is 17.5 Å².